The Balaban J connectivity index is -0.0000000450. The molecule has 0 spiro atoms. The number of hydrogen-bond acceptors (Lipinski definition) is 0. The summed E-state index contributed by atoms with van der Waals surface area (Å²) in [5.74, 6) is 0. The van der Waals surface area contributed by atoms with E-state index in [2.05, 4.69) is 0 Å². The molecule has 0 atom stereocenters. The van der Waals surface area contributed by atoms with Crippen molar-refractivity contribution in [1.29, 1.82) is 0 Å². The van der Waals surface area contributed by atoms with Gasteiger partial charge in [-0.25, -0.2) is 8.78 Å². The molecule has 0 radical (unpaired) electrons. The number of alkyl halides is 2. The Bertz CT molecular complexity index is 10.3. The van der Waals surface area contributed by atoms with Gasteiger partial charge in [0.1, 0.15) is 0 Å². The summed E-state index contributed by atoms with van der Waals surface area (Å²) in [4.78, 5) is 0. The van der Waals surface area contributed by atoms with Crippen LogP contribution in [0.1, 0.15) is 21.8 Å². The highest BCUT2D eigenvalue weighted by molar-refractivity contribution is 4.06. The molecule has 6 heavy (non-hydrogen) atoms. The molecule has 0 aliphatic heterocycles. The molecule has 0 unspecified atom stereocenters. The van der Waals surface area contributed by atoms with E-state index in [4.69, 9.17) is 0 Å². The van der Waals surface area contributed by atoms with Crippen molar-refractivity contribution in [1.82, 2.24) is 0 Å². The molecule has 0 N–H and O–H groups in total. The summed E-state index contributed by atoms with van der Waals surface area (Å²) in [6.07, 6.45) is -2.17. The lowest BCUT2D eigenvalue weighted by Crippen LogP contribution is -1.69. The minimum atomic E-state index is -2.17. The van der Waals surface area contributed by atoms with E-state index in [1.807, 2.05) is 0 Å². The van der Waals surface area contributed by atoms with Crippen molar-refractivity contribution in [3.8, 4) is 0 Å². The Hall–Kier alpha value is -0.140. The van der Waals surface area contributed by atoms with E-state index < -0.39 is 6.43 Å². The van der Waals surface area contributed by atoms with E-state index in [-0.39, 0.29) is 14.9 Å². The van der Waals surface area contributed by atoms with Crippen molar-refractivity contribution in [2.45, 2.75) is 28.2 Å². The zero-order valence-corrected chi connectivity index (χ0v) is 2.33. The van der Waals surface area contributed by atoms with Crippen LogP contribution in [0.5, 0.6) is 0 Å². The van der Waals surface area contributed by atoms with Gasteiger partial charge in [0.2, 0.25) is 6.43 Å². The highest BCUT2D eigenvalue weighted by Crippen LogP contribution is 1.82. The van der Waals surface area contributed by atoms with Gasteiger partial charge >= 0.3 is 0 Å². The molecule has 42 valence electrons. The van der Waals surface area contributed by atoms with Gasteiger partial charge in [-0.3, -0.25) is 0 Å². The van der Waals surface area contributed by atoms with Crippen LogP contribution in [0.2, 0.25) is 0 Å². The fourth-order valence-corrected chi connectivity index (χ4v) is 0. The van der Waals surface area contributed by atoms with Crippen LogP contribution >= 0.6 is 0 Å². The van der Waals surface area contributed by atoms with Gasteiger partial charge in [0, 0.05) is 0 Å². The lowest BCUT2D eigenvalue weighted by atomic mass is 10.9. The SMILES string of the molecule is C.C.CC(F)F. The minimum Gasteiger partial charge on any atom is -0.211 e. The normalized spacial score (nSPS) is 6.00. The van der Waals surface area contributed by atoms with E-state index in [0.29, 0.717) is 0 Å². The first kappa shape index (κ1) is 16.9. The van der Waals surface area contributed by atoms with E-state index in [1.54, 1.807) is 0 Å². The second kappa shape index (κ2) is 8.85. The molecule has 0 heterocycles. The van der Waals surface area contributed by atoms with Crippen LogP contribution in [-0.2, 0) is 0 Å². The molecular weight excluding hydrogens is 86.0 g/mol. The molecule has 0 bridgehead atoms. The van der Waals surface area contributed by atoms with Crippen molar-refractivity contribution >= 4 is 0 Å². The Morgan fingerprint density at radius 2 is 1.17 bits per heavy atom. The molecule has 0 amide bonds. The Labute approximate surface area is 38.2 Å². The summed E-state index contributed by atoms with van der Waals surface area (Å²) >= 11 is 0. The topological polar surface area (TPSA) is 0 Å². The molecular formula is C4H12F2. The predicted molar refractivity (Wildman–Crippen MR) is 25.1 cm³/mol. The Kier molecular flexibility index (Phi) is 25.0. The summed E-state index contributed by atoms with van der Waals surface area (Å²) in [6.45, 7) is 0.833. The summed E-state index contributed by atoms with van der Waals surface area (Å²) in [5, 5.41) is 0. The van der Waals surface area contributed by atoms with Gasteiger partial charge in [-0.2, -0.15) is 0 Å². The van der Waals surface area contributed by atoms with Gasteiger partial charge in [-0.15, -0.1) is 0 Å². The second-order valence-corrected chi connectivity index (χ2v) is 0.519. The quantitative estimate of drug-likeness (QED) is 0.436. The van der Waals surface area contributed by atoms with Gasteiger partial charge in [0.15, 0.2) is 0 Å². The number of rotatable bonds is 0. The summed E-state index contributed by atoms with van der Waals surface area (Å²) in [5.41, 5.74) is 0. The van der Waals surface area contributed by atoms with Gasteiger partial charge in [-0.05, 0) is 6.92 Å². The van der Waals surface area contributed by atoms with Crippen LogP contribution in [-0.4, -0.2) is 6.43 Å². The third kappa shape index (κ3) is 1610. The molecule has 0 aliphatic rings. The third-order valence-electron chi connectivity index (χ3n) is 0. The molecule has 2 heteroatoms. The van der Waals surface area contributed by atoms with E-state index in [1.165, 1.54) is 0 Å². The van der Waals surface area contributed by atoms with Crippen molar-refractivity contribution in [3.63, 3.8) is 0 Å². The Morgan fingerprint density at radius 3 is 1.17 bits per heavy atom. The average Bonchev–Trinajstić information content (AvgIpc) is 0.811. The van der Waals surface area contributed by atoms with Gasteiger partial charge in [0.25, 0.3) is 0 Å². The summed E-state index contributed by atoms with van der Waals surface area (Å²) in [7, 11) is 0. The van der Waals surface area contributed by atoms with Crippen molar-refractivity contribution < 1.29 is 8.78 Å². The summed E-state index contributed by atoms with van der Waals surface area (Å²) < 4.78 is 20.7. The molecule has 0 aromatic heterocycles. The fourth-order valence-electron chi connectivity index (χ4n) is 0. The predicted octanol–water partition coefficient (Wildman–Crippen LogP) is 2.54. The molecule has 0 fully saturated rings. The third-order valence-corrected chi connectivity index (χ3v) is 0. The lowest BCUT2D eigenvalue weighted by Gasteiger charge is -1.70. The molecule has 0 aliphatic carbocycles. The van der Waals surface area contributed by atoms with Crippen LogP contribution in [0.15, 0.2) is 0 Å². The van der Waals surface area contributed by atoms with Crippen LogP contribution in [0.4, 0.5) is 8.78 Å². The van der Waals surface area contributed by atoms with Gasteiger partial charge in [0.05, 0.1) is 0 Å². The zero-order valence-electron chi connectivity index (χ0n) is 2.33. The minimum absolute atomic E-state index is 0. The monoisotopic (exact) mass is 98.1 g/mol. The fraction of sp³-hybridized carbons (Fsp3) is 1.00. The van der Waals surface area contributed by atoms with Crippen molar-refractivity contribution in [2.24, 2.45) is 0 Å². The van der Waals surface area contributed by atoms with E-state index in [0.717, 1.165) is 6.92 Å². The first-order chi connectivity index (χ1) is 1.73. The lowest BCUT2D eigenvalue weighted by molar-refractivity contribution is 0.171. The maximum Gasteiger partial charge on any atom is 0.235 e. The molecule has 0 rings (SSSR count). The maximum absolute atomic E-state index is 10.3. The van der Waals surface area contributed by atoms with Crippen molar-refractivity contribution in [3.05, 3.63) is 0 Å². The molecule has 0 aromatic carbocycles. The maximum atomic E-state index is 10.3. The van der Waals surface area contributed by atoms with E-state index >= 15 is 0 Å². The Morgan fingerprint density at radius 1 is 1.17 bits per heavy atom. The summed E-state index contributed by atoms with van der Waals surface area (Å²) in [6, 6.07) is 0. The van der Waals surface area contributed by atoms with Gasteiger partial charge in [-0.1, -0.05) is 14.9 Å². The van der Waals surface area contributed by atoms with Crippen LogP contribution in [0.25, 0.3) is 0 Å². The van der Waals surface area contributed by atoms with Crippen LogP contribution < -0.4 is 0 Å². The average molecular weight is 98.1 g/mol. The largest absolute Gasteiger partial charge is 0.235 e. The smallest absolute Gasteiger partial charge is 0.211 e. The van der Waals surface area contributed by atoms with Crippen LogP contribution in [0, 0.1) is 0 Å². The highest BCUT2D eigenvalue weighted by atomic mass is 19.3. The van der Waals surface area contributed by atoms with Crippen molar-refractivity contribution in [2.75, 3.05) is 0 Å². The van der Waals surface area contributed by atoms with Gasteiger partial charge < -0.3 is 0 Å². The first-order valence-electron chi connectivity index (χ1n) is 1.01. The number of hydrogen-bond donors (Lipinski definition) is 0. The molecule has 0 saturated carbocycles. The van der Waals surface area contributed by atoms with Crippen LogP contribution in [0.3, 0.4) is 0 Å². The second-order valence-electron chi connectivity index (χ2n) is 0.519. The zero-order chi connectivity index (χ0) is 3.58. The highest BCUT2D eigenvalue weighted by Gasteiger charge is 1.79. The molecule has 0 nitrogen and oxygen atoms in total. The number of halogens is 2. The standard InChI is InChI=1S/C2H4F2.2CH4/c1-2(3)4;;/h2H,1H3;2*1H4. The molecule has 0 saturated heterocycles. The first-order valence-corrected chi connectivity index (χ1v) is 1.01. The van der Waals surface area contributed by atoms with E-state index in [9.17, 15) is 8.78 Å². The molecule has 0 aromatic rings.